The molecule has 0 atom stereocenters. The SMILES string of the molecule is [Cs+].[O-]c1ccccc1-c1cccc(-c2cccc(-c3nc(-c4ccccc4)nc(-c4ccccc4)n3)c2)n1. The van der Waals surface area contributed by atoms with E-state index in [1.807, 2.05) is 109 Å². The maximum atomic E-state index is 12.3. The molecule has 176 valence electrons. The Balaban J connectivity index is 0.00000294. The molecular weight excluding hydrogens is 589 g/mol. The Bertz CT molecular complexity index is 1630. The summed E-state index contributed by atoms with van der Waals surface area (Å²) in [6.45, 7) is 0. The van der Waals surface area contributed by atoms with Crippen molar-refractivity contribution < 1.29 is 74.0 Å². The van der Waals surface area contributed by atoms with Crippen LogP contribution in [0.15, 0.2) is 127 Å². The van der Waals surface area contributed by atoms with Crippen LogP contribution in [0.5, 0.6) is 5.75 Å². The molecule has 0 unspecified atom stereocenters. The number of hydrogen-bond acceptors (Lipinski definition) is 5. The molecule has 0 radical (unpaired) electrons. The van der Waals surface area contributed by atoms with E-state index in [2.05, 4.69) is 0 Å². The molecule has 0 saturated carbocycles. The zero-order chi connectivity index (χ0) is 25.0. The summed E-state index contributed by atoms with van der Waals surface area (Å²) < 4.78 is 0. The fraction of sp³-hybridized carbons (Fsp3) is 0. The molecule has 0 saturated heterocycles. The van der Waals surface area contributed by atoms with Crippen molar-refractivity contribution in [3.8, 4) is 62.4 Å². The molecule has 4 aromatic carbocycles. The summed E-state index contributed by atoms with van der Waals surface area (Å²) in [5.74, 6) is 1.76. The molecule has 0 N–H and O–H groups in total. The van der Waals surface area contributed by atoms with E-state index < -0.39 is 0 Å². The van der Waals surface area contributed by atoms with Crippen LogP contribution in [0, 0.1) is 0 Å². The largest absolute Gasteiger partial charge is 1.00 e. The third-order valence-corrected chi connectivity index (χ3v) is 6.03. The molecule has 2 aromatic heterocycles. The van der Waals surface area contributed by atoms with E-state index in [4.69, 9.17) is 19.9 Å². The van der Waals surface area contributed by atoms with Crippen LogP contribution >= 0.6 is 0 Å². The van der Waals surface area contributed by atoms with Gasteiger partial charge >= 0.3 is 68.9 Å². The van der Waals surface area contributed by atoms with Gasteiger partial charge in [-0.15, -0.1) is 0 Å². The van der Waals surface area contributed by atoms with E-state index in [1.165, 1.54) is 0 Å². The number of hydrogen-bond donors (Lipinski definition) is 0. The summed E-state index contributed by atoms with van der Waals surface area (Å²) in [4.78, 5) is 19.2. The standard InChI is InChI=1S/C32H22N4O.Cs/c37-29-20-8-7-17-26(29)28-19-10-18-27(33-28)24-15-9-16-25(21-24)32-35-30(22-11-3-1-4-12-22)34-31(36-32)23-13-5-2-6-14-23;/h1-21,37H;/q;+1/p-1. The van der Waals surface area contributed by atoms with Crippen molar-refractivity contribution in [1.82, 2.24) is 19.9 Å². The smallest absolute Gasteiger partial charge is 0.872 e. The van der Waals surface area contributed by atoms with Gasteiger partial charge in [0, 0.05) is 22.3 Å². The van der Waals surface area contributed by atoms with Gasteiger partial charge in [0.05, 0.1) is 11.4 Å². The number of aromatic nitrogens is 4. The van der Waals surface area contributed by atoms with E-state index in [9.17, 15) is 5.11 Å². The van der Waals surface area contributed by atoms with Crippen LogP contribution in [0.2, 0.25) is 0 Å². The fourth-order valence-corrected chi connectivity index (χ4v) is 4.18. The normalized spacial score (nSPS) is 10.5. The third kappa shape index (κ3) is 5.81. The summed E-state index contributed by atoms with van der Waals surface area (Å²) >= 11 is 0. The molecule has 6 aromatic rings. The van der Waals surface area contributed by atoms with E-state index in [0.29, 0.717) is 28.7 Å². The van der Waals surface area contributed by atoms with Crippen LogP contribution in [-0.4, -0.2) is 19.9 Å². The topological polar surface area (TPSA) is 74.6 Å². The Morgan fingerprint density at radius 1 is 0.395 bits per heavy atom. The number of pyridine rings is 1. The number of rotatable bonds is 5. The van der Waals surface area contributed by atoms with Crippen molar-refractivity contribution in [2.75, 3.05) is 0 Å². The van der Waals surface area contributed by atoms with Crippen molar-refractivity contribution >= 4 is 0 Å². The van der Waals surface area contributed by atoms with Gasteiger partial charge in [-0.25, -0.2) is 19.9 Å². The van der Waals surface area contributed by atoms with E-state index in [0.717, 1.165) is 27.9 Å². The van der Waals surface area contributed by atoms with Crippen LogP contribution in [0.3, 0.4) is 0 Å². The van der Waals surface area contributed by atoms with Crippen molar-refractivity contribution in [3.63, 3.8) is 0 Å². The summed E-state index contributed by atoms with van der Waals surface area (Å²) in [6.07, 6.45) is 0. The second-order valence-corrected chi connectivity index (χ2v) is 8.52. The molecule has 6 rings (SSSR count). The van der Waals surface area contributed by atoms with E-state index in [1.54, 1.807) is 18.2 Å². The zero-order valence-electron chi connectivity index (χ0n) is 20.8. The molecule has 0 aliphatic heterocycles. The minimum atomic E-state index is -0.0482. The molecule has 6 heteroatoms. The molecule has 5 nitrogen and oxygen atoms in total. The average Bonchev–Trinajstić information content (AvgIpc) is 2.98. The van der Waals surface area contributed by atoms with Gasteiger partial charge in [-0.05, 0) is 23.8 Å². The second kappa shape index (κ2) is 12.2. The second-order valence-electron chi connectivity index (χ2n) is 8.52. The summed E-state index contributed by atoms with van der Waals surface area (Å²) in [6, 6.07) is 40.4. The summed E-state index contributed by atoms with van der Waals surface area (Å²) in [7, 11) is 0. The van der Waals surface area contributed by atoms with Gasteiger partial charge in [0.2, 0.25) is 0 Å². The molecule has 0 fully saturated rings. The molecule has 0 aliphatic carbocycles. The molecule has 0 bridgehead atoms. The van der Waals surface area contributed by atoms with E-state index >= 15 is 0 Å². The van der Waals surface area contributed by atoms with Crippen molar-refractivity contribution in [1.29, 1.82) is 0 Å². The maximum absolute atomic E-state index is 12.3. The molecule has 0 spiro atoms. The van der Waals surface area contributed by atoms with Crippen LogP contribution in [0.4, 0.5) is 0 Å². The zero-order valence-corrected chi connectivity index (χ0v) is 27.1. The predicted molar refractivity (Wildman–Crippen MR) is 144 cm³/mol. The van der Waals surface area contributed by atoms with Gasteiger partial charge < -0.3 is 5.11 Å². The predicted octanol–water partition coefficient (Wildman–Crippen LogP) is 3.68. The van der Waals surface area contributed by atoms with Gasteiger partial charge in [-0.2, -0.15) is 0 Å². The Morgan fingerprint density at radius 3 is 1.50 bits per heavy atom. The van der Waals surface area contributed by atoms with Crippen molar-refractivity contribution in [3.05, 3.63) is 127 Å². The first-order valence-corrected chi connectivity index (χ1v) is 12.0. The quantitative estimate of drug-likeness (QED) is 0.298. The van der Waals surface area contributed by atoms with Crippen LogP contribution in [-0.2, 0) is 0 Å². The summed E-state index contributed by atoms with van der Waals surface area (Å²) in [5, 5.41) is 12.3. The van der Waals surface area contributed by atoms with Gasteiger partial charge in [0.25, 0.3) is 0 Å². The van der Waals surface area contributed by atoms with Crippen LogP contribution in [0.1, 0.15) is 0 Å². The van der Waals surface area contributed by atoms with Crippen LogP contribution < -0.4 is 74.0 Å². The minimum Gasteiger partial charge on any atom is -0.872 e. The van der Waals surface area contributed by atoms with E-state index in [-0.39, 0.29) is 74.6 Å². The molecular formula is C32H21CsN4O. The first-order chi connectivity index (χ1) is 18.2. The van der Waals surface area contributed by atoms with Gasteiger partial charge in [0.15, 0.2) is 17.5 Å². The monoisotopic (exact) mass is 610 g/mol. The van der Waals surface area contributed by atoms with Gasteiger partial charge in [0.1, 0.15) is 0 Å². The number of para-hydroxylation sites is 1. The number of benzene rings is 4. The molecule has 0 aliphatic rings. The average molecular weight is 610 g/mol. The number of nitrogens with zero attached hydrogens (tertiary/aromatic N) is 4. The van der Waals surface area contributed by atoms with Gasteiger partial charge in [-0.1, -0.05) is 115 Å². The minimum absolute atomic E-state index is 0. The third-order valence-electron chi connectivity index (χ3n) is 6.03. The Morgan fingerprint density at radius 2 is 0.868 bits per heavy atom. The summed E-state index contributed by atoms with van der Waals surface area (Å²) in [5.41, 5.74) is 5.60. The molecule has 2 heterocycles. The van der Waals surface area contributed by atoms with Crippen LogP contribution in [0.25, 0.3) is 56.7 Å². The molecule has 0 amide bonds. The first kappa shape index (κ1) is 26.5. The van der Waals surface area contributed by atoms with Crippen molar-refractivity contribution in [2.24, 2.45) is 0 Å². The fourth-order valence-electron chi connectivity index (χ4n) is 4.18. The van der Waals surface area contributed by atoms with Gasteiger partial charge in [-0.3, -0.25) is 0 Å². The Hall–Kier alpha value is -3.11. The Kier molecular flexibility index (Phi) is 8.49. The maximum Gasteiger partial charge on any atom is 1.00 e. The van der Waals surface area contributed by atoms with Crippen molar-refractivity contribution in [2.45, 2.75) is 0 Å². The Labute approximate surface area is 280 Å². The first-order valence-electron chi connectivity index (χ1n) is 12.0. The molecule has 38 heavy (non-hydrogen) atoms.